The molecule has 94 valence electrons. The highest BCUT2D eigenvalue weighted by Crippen LogP contribution is 2.20. The Balaban J connectivity index is 1.92. The predicted octanol–water partition coefficient (Wildman–Crippen LogP) is 2.39. The maximum atomic E-state index is 11.0. The number of methoxy groups -OCH3 is 1. The summed E-state index contributed by atoms with van der Waals surface area (Å²) in [5.74, 6) is -0.218. The first-order valence-corrected chi connectivity index (χ1v) is 6.34. The highest BCUT2D eigenvalue weighted by Gasteiger charge is 2.05. The zero-order valence-corrected chi connectivity index (χ0v) is 10.7. The van der Waals surface area contributed by atoms with Crippen LogP contribution in [0, 0.1) is 0 Å². The number of aromatic nitrogens is 2. The molecule has 0 aliphatic heterocycles. The molecule has 0 fully saturated rings. The quantitative estimate of drug-likeness (QED) is 0.839. The Morgan fingerprint density at radius 1 is 1.56 bits per heavy atom. The number of nitrogens with one attached hydrogen (secondary N) is 1. The maximum Gasteiger partial charge on any atom is 0.305 e. The van der Waals surface area contributed by atoms with Crippen molar-refractivity contribution in [3.05, 3.63) is 35.6 Å². The van der Waals surface area contributed by atoms with E-state index in [2.05, 4.69) is 20.0 Å². The fourth-order valence-corrected chi connectivity index (χ4v) is 2.14. The number of anilines is 2. The Labute approximate surface area is 109 Å². The number of hydrogen-bond acceptors (Lipinski definition) is 6. The Morgan fingerprint density at radius 2 is 2.44 bits per heavy atom. The fraction of sp³-hybridized carbons (Fsp3) is 0.250. The van der Waals surface area contributed by atoms with Crippen LogP contribution in [0.5, 0.6) is 0 Å². The van der Waals surface area contributed by atoms with Gasteiger partial charge < -0.3 is 10.1 Å². The van der Waals surface area contributed by atoms with E-state index in [0.29, 0.717) is 12.8 Å². The van der Waals surface area contributed by atoms with Gasteiger partial charge in [0.1, 0.15) is 0 Å². The van der Waals surface area contributed by atoms with E-state index in [1.54, 1.807) is 12.4 Å². The average molecular weight is 263 g/mol. The third-order valence-electron chi connectivity index (χ3n) is 2.28. The number of carbonyl (C=O) groups is 1. The van der Waals surface area contributed by atoms with Crippen LogP contribution >= 0.6 is 11.3 Å². The minimum absolute atomic E-state index is 0.218. The number of esters is 1. The molecular formula is C12H13N3O2S. The first kappa shape index (κ1) is 12.5. The molecule has 0 unspecified atom stereocenters. The molecule has 0 saturated heterocycles. The van der Waals surface area contributed by atoms with Gasteiger partial charge >= 0.3 is 5.97 Å². The number of carbonyl (C=O) groups excluding carboxylic acids is 1. The molecule has 5 nitrogen and oxygen atoms in total. The van der Waals surface area contributed by atoms with Crippen molar-refractivity contribution in [3.63, 3.8) is 0 Å². The van der Waals surface area contributed by atoms with Gasteiger partial charge in [0.05, 0.1) is 31.1 Å². The summed E-state index contributed by atoms with van der Waals surface area (Å²) < 4.78 is 4.59. The topological polar surface area (TPSA) is 64.1 Å². The summed E-state index contributed by atoms with van der Waals surface area (Å²) in [5.41, 5.74) is 1.78. The van der Waals surface area contributed by atoms with E-state index in [1.807, 2.05) is 17.5 Å². The van der Waals surface area contributed by atoms with Crippen LogP contribution in [-0.2, 0) is 16.0 Å². The summed E-state index contributed by atoms with van der Waals surface area (Å²) in [6, 6.07) is 3.77. The molecule has 0 spiro atoms. The third kappa shape index (κ3) is 3.53. The molecule has 2 aromatic rings. The van der Waals surface area contributed by atoms with Gasteiger partial charge in [0.15, 0.2) is 5.13 Å². The second-order valence-electron chi connectivity index (χ2n) is 3.59. The van der Waals surface area contributed by atoms with Gasteiger partial charge in [0.25, 0.3) is 0 Å². The lowest BCUT2D eigenvalue weighted by Gasteiger charge is -2.00. The van der Waals surface area contributed by atoms with Gasteiger partial charge in [-0.3, -0.25) is 9.78 Å². The average Bonchev–Trinajstić information content (AvgIpc) is 2.85. The highest BCUT2D eigenvalue weighted by molar-refractivity contribution is 7.13. The first-order valence-electron chi connectivity index (χ1n) is 5.46. The largest absolute Gasteiger partial charge is 0.469 e. The third-order valence-corrected chi connectivity index (χ3v) is 3.08. The minimum atomic E-state index is -0.218. The monoisotopic (exact) mass is 263 g/mol. The van der Waals surface area contributed by atoms with Gasteiger partial charge in [0, 0.05) is 18.0 Å². The van der Waals surface area contributed by atoms with Crippen molar-refractivity contribution >= 4 is 28.1 Å². The van der Waals surface area contributed by atoms with Crippen molar-refractivity contribution in [1.82, 2.24) is 9.97 Å². The van der Waals surface area contributed by atoms with Crippen LogP contribution < -0.4 is 5.32 Å². The number of ether oxygens (including phenoxy) is 1. The van der Waals surface area contributed by atoms with Crippen LogP contribution in [0.4, 0.5) is 10.8 Å². The van der Waals surface area contributed by atoms with E-state index < -0.39 is 0 Å². The molecule has 0 aliphatic carbocycles. The van der Waals surface area contributed by atoms with Crippen molar-refractivity contribution < 1.29 is 9.53 Å². The summed E-state index contributed by atoms with van der Waals surface area (Å²) >= 11 is 1.50. The Bertz CT molecular complexity index is 513. The minimum Gasteiger partial charge on any atom is -0.469 e. The Kier molecular flexibility index (Phi) is 4.25. The molecule has 6 heteroatoms. The van der Waals surface area contributed by atoms with E-state index in [0.717, 1.165) is 16.5 Å². The molecular weight excluding hydrogens is 250 g/mol. The smallest absolute Gasteiger partial charge is 0.305 e. The lowest BCUT2D eigenvalue weighted by atomic mass is 10.2. The van der Waals surface area contributed by atoms with Crippen LogP contribution in [0.2, 0.25) is 0 Å². The number of aryl methyl sites for hydroxylation is 1. The van der Waals surface area contributed by atoms with Crippen LogP contribution in [0.3, 0.4) is 0 Å². The summed E-state index contributed by atoms with van der Waals surface area (Å²) in [4.78, 5) is 19.4. The second-order valence-corrected chi connectivity index (χ2v) is 4.44. The zero-order chi connectivity index (χ0) is 12.8. The standard InChI is InChI=1S/C12H13N3O2S/c1-17-11(16)5-4-10-8-18-12(15-10)14-9-3-2-6-13-7-9/h2-3,6-8H,4-5H2,1H3,(H,14,15). The zero-order valence-electron chi connectivity index (χ0n) is 9.92. The van der Waals surface area contributed by atoms with E-state index in [9.17, 15) is 4.79 Å². The highest BCUT2D eigenvalue weighted by atomic mass is 32.1. The summed E-state index contributed by atoms with van der Waals surface area (Å²) in [6.45, 7) is 0. The molecule has 0 radical (unpaired) electrons. The van der Waals surface area contributed by atoms with Gasteiger partial charge in [-0.05, 0) is 12.1 Å². The van der Waals surface area contributed by atoms with E-state index >= 15 is 0 Å². The van der Waals surface area contributed by atoms with Gasteiger partial charge in [-0.15, -0.1) is 11.3 Å². The Hall–Kier alpha value is -1.95. The van der Waals surface area contributed by atoms with Crippen LogP contribution in [0.15, 0.2) is 29.9 Å². The molecule has 2 rings (SSSR count). The van der Waals surface area contributed by atoms with Gasteiger partial charge in [0.2, 0.25) is 0 Å². The lowest BCUT2D eigenvalue weighted by Crippen LogP contribution is -2.02. The molecule has 0 amide bonds. The molecule has 0 saturated carbocycles. The lowest BCUT2D eigenvalue weighted by molar-refractivity contribution is -0.140. The van der Waals surface area contributed by atoms with Gasteiger partial charge in [-0.25, -0.2) is 4.98 Å². The van der Waals surface area contributed by atoms with Crippen LogP contribution in [0.1, 0.15) is 12.1 Å². The van der Waals surface area contributed by atoms with Crippen LogP contribution in [0.25, 0.3) is 0 Å². The molecule has 0 atom stereocenters. The summed E-state index contributed by atoms with van der Waals surface area (Å²) in [5, 5.41) is 5.88. The van der Waals surface area contributed by atoms with Crippen molar-refractivity contribution in [1.29, 1.82) is 0 Å². The molecule has 0 bridgehead atoms. The van der Waals surface area contributed by atoms with Crippen molar-refractivity contribution in [2.45, 2.75) is 12.8 Å². The molecule has 2 aromatic heterocycles. The van der Waals surface area contributed by atoms with Crippen molar-refractivity contribution in [2.75, 3.05) is 12.4 Å². The van der Waals surface area contributed by atoms with Crippen molar-refractivity contribution in [3.8, 4) is 0 Å². The number of hydrogen-bond donors (Lipinski definition) is 1. The maximum absolute atomic E-state index is 11.0. The normalized spacial score (nSPS) is 10.1. The van der Waals surface area contributed by atoms with E-state index in [4.69, 9.17) is 0 Å². The SMILES string of the molecule is COC(=O)CCc1csc(Nc2cccnc2)n1. The molecule has 0 aliphatic rings. The van der Waals surface area contributed by atoms with E-state index in [1.165, 1.54) is 18.4 Å². The van der Waals surface area contributed by atoms with Crippen LogP contribution in [-0.4, -0.2) is 23.0 Å². The molecule has 1 N–H and O–H groups in total. The van der Waals surface area contributed by atoms with Crippen molar-refractivity contribution in [2.24, 2.45) is 0 Å². The number of rotatable bonds is 5. The van der Waals surface area contributed by atoms with Gasteiger partial charge in [-0.1, -0.05) is 0 Å². The molecule has 18 heavy (non-hydrogen) atoms. The fourth-order valence-electron chi connectivity index (χ4n) is 1.37. The van der Waals surface area contributed by atoms with Gasteiger partial charge in [-0.2, -0.15) is 0 Å². The number of thiazole rings is 1. The number of pyridine rings is 1. The first-order chi connectivity index (χ1) is 8.78. The second kappa shape index (κ2) is 6.11. The predicted molar refractivity (Wildman–Crippen MR) is 70.0 cm³/mol. The van der Waals surface area contributed by atoms with E-state index in [-0.39, 0.29) is 5.97 Å². The number of nitrogens with zero attached hydrogens (tertiary/aromatic N) is 2. The summed E-state index contributed by atoms with van der Waals surface area (Å²) in [7, 11) is 1.39. The molecule has 0 aromatic carbocycles. The Morgan fingerprint density at radius 3 is 3.17 bits per heavy atom. The molecule has 2 heterocycles. The summed E-state index contributed by atoms with van der Waals surface area (Å²) in [6.07, 6.45) is 4.40.